The van der Waals surface area contributed by atoms with E-state index in [0.29, 0.717) is 35.4 Å². The van der Waals surface area contributed by atoms with Crippen molar-refractivity contribution in [3.63, 3.8) is 0 Å². The fraction of sp³-hybridized carbons (Fsp3) is 0.350. The molecule has 0 atom stereocenters. The van der Waals surface area contributed by atoms with Gasteiger partial charge in [-0.2, -0.15) is 0 Å². The number of anilines is 1. The van der Waals surface area contributed by atoms with Gasteiger partial charge in [-0.25, -0.2) is 19.3 Å². The molecule has 3 N–H and O–H groups in total. The van der Waals surface area contributed by atoms with Crippen molar-refractivity contribution in [2.45, 2.75) is 43.7 Å². The fourth-order valence-corrected chi connectivity index (χ4v) is 3.37. The van der Waals surface area contributed by atoms with Crippen molar-refractivity contribution in [2.75, 3.05) is 5.73 Å². The summed E-state index contributed by atoms with van der Waals surface area (Å²) in [6.07, 6.45) is 4.33. The number of halogens is 2. The lowest BCUT2D eigenvalue weighted by Gasteiger charge is -2.30. The van der Waals surface area contributed by atoms with Gasteiger partial charge in [0.25, 0.3) is 0 Å². The standard InChI is InChI=1S/C20H18FN5O.ClH/c21-13-4-1-3-12(11-13)18-25-16-17(22)23-15(7-10-20(27)8-2-9-20)24-19(16)26(18)14-5-6-14;/h1,3-4,11,14,27H,2,5-6,8-9H2,(H2,22,23,24);1H. The maximum absolute atomic E-state index is 13.7. The molecule has 144 valence electrons. The van der Waals surface area contributed by atoms with Crippen molar-refractivity contribution < 1.29 is 9.50 Å². The van der Waals surface area contributed by atoms with Gasteiger partial charge in [0, 0.05) is 11.6 Å². The summed E-state index contributed by atoms with van der Waals surface area (Å²) in [5.41, 5.74) is 6.97. The lowest BCUT2D eigenvalue weighted by molar-refractivity contribution is 0.0239. The highest BCUT2D eigenvalue weighted by molar-refractivity contribution is 5.86. The van der Waals surface area contributed by atoms with Crippen LogP contribution < -0.4 is 5.73 Å². The molecule has 28 heavy (non-hydrogen) atoms. The van der Waals surface area contributed by atoms with E-state index in [4.69, 9.17) is 5.73 Å². The predicted molar refractivity (Wildman–Crippen MR) is 106 cm³/mol. The Morgan fingerprint density at radius 2 is 2.00 bits per heavy atom. The molecule has 8 heteroatoms. The van der Waals surface area contributed by atoms with Crippen molar-refractivity contribution in [3.05, 3.63) is 35.9 Å². The molecule has 0 aliphatic heterocycles. The zero-order valence-corrected chi connectivity index (χ0v) is 15.8. The summed E-state index contributed by atoms with van der Waals surface area (Å²) in [4.78, 5) is 13.4. The lowest BCUT2D eigenvalue weighted by atomic mass is 9.81. The zero-order valence-electron chi connectivity index (χ0n) is 15.0. The van der Waals surface area contributed by atoms with E-state index >= 15 is 0 Å². The van der Waals surface area contributed by atoms with Gasteiger partial charge in [0.2, 0.25) is 5.82 Å². The Morgan fingerprint density at radius 3 is 2.64 bits per heavy atom. The summed E-state index contributed by atoms with van der Waals surface area (Å²) in [6.45, 7) is 0. The minimum absolute atomic E-state index is 0. The highest BCUT2D eigenvalue weighted by Crippen LogP contribution is 2.41. The number of rotatable bonds is 2. The van der Waals surface area contributed by atoms with E-state index in [0.717, 1.165) is 19.3 Å². The Labute approximate surface area is 167 Å². The molecule has 2 aliphatic rings. The number of nitrogens with zero attached hydrogens (tertiary/aromatic N) is 4. The molecule has 0 bridgehead atoms. The number of nitrogens with two attached hydrogens (primary N) is 1. The Morgan fingerprint density at radius 1 is 1.21 bits per heavy atom. The summed E-state index contributed by atoms with van der Waals surface area (Å²) >= 11 is 0. The summed E-state index contributed by atoms with van der Waals surface area (Å²) in [5.74, 6) is 6.55. The van der Waals surface area contributed by atoms with Crippen molar-refractivity contribution in [2.24, 2.45) is 0 Å². The first-order chi connectivity index (χ1) is 13.0. The first kappa shape index (κ1) is 18.7. The minimum Gasteiger partial charge on any atom is -0.382 e. The maximum atomic E-state index is 13.7. The third-order valence-electron chi connectivity index (χ3n) is 5.15. The van der Waals surface area contributed by atoms with Gasteiger partial charge in [-0.05, 0) is 50.2 Å². The van der Waals surface area contributed by atoms with Gasteiger partial charge in [0.1, 0.15) is 17.2 Å². The average Bonchev–Trinajstić information content (AvgIpc) is 3.38. The van der Waals surface area contributed by atoms with Gasteiger partial charge >= 0.3 is 0 Å². The van der Waals surface area contributed by atoms with Crippen molar-refractivity contribution in [1.29, 1.82) is 0 Å². The van der Waals surface area contributed by atoms with Crippen LogP contribution in [0, 0.1) is 17.7 Å². The second kappa shape index (κ2) is 6.73. The molecule has 2 fully saturated rings. The highest BCUT2D eigenvalue weighted by Gasteiger charge is 2.33. The summed E-state index contributed by atoms with van der Waals surface area (Å²) in [6, 6.07) is 6.60. The third kappa shape index (κ3) is 3.19. The molecule has 1 aromatic carbocycles. The van der Waals surface area contributed by atoms with E-state index in [2.05, 4.69) is 26.8 Å². The quantitative estimate of drug-likeness (QED) is 0.646. The molecule has 0 amide bonds. The number of nitrogen functional groups attached to an aromatic ring is 1. The normalized spacial score (nSPS) is 17.4. The van der Waals surface area contributed by atoms with Gasteiger partial charge in [0.15, 0.2) is 17.0 Å². The molecular formula is C20H19ClFN5O. The Kier molecular flexibility index (Phi) is 4.48. The van der Waals surface area contributed by atoms with E-state index in [-0.39, 0.29) is 35.9 Å². The van der Waals surface area contributed by atoms with Crippen LogP contribution in [0.15, 0.2) is 24.3 Å². The fourth-order valence-electron chi connectivity index (χ4n) is 3.37. The van der Waals surface area contributed by atoms with E-state index in [1.165, 1.54) is 12.1 Å². The minimum atomic E-state index is -0.934. The molecule has 2 aromatic heterocycles. The molecule has 0 unspecified atom stereocenters. The second-order valence-corrected chi connectivity index (χ2v) is 7.29. The topological polar surface area (TPSA) is 89.8 Å². The number of imidazole rings is 1. The van der Waals surface area contributed by atoms with Gasteiger partial charge in [-0.3, -0.25) is 0 Å². The monoisotopic (exact) mass is 399 g/mol. The van der Waals surface area contributed by atoms with Crippen LogP contribution in [0.3, 0.4) is 0 Å². The number of hydrogen-bond donors (Lipinski definition) is 2. The van der Waals surface area contributed by atoms with E-state index < -0.39 is 5.60 Å². The second-order valence-electron chi connectivity index (χ2n) is 7.29. The van der Waals surface area contributed by atoms with Crippen molar-refractivity contribution in [3.8, 4) is 23.2 Å². The van der Waals surface area contributed by atoms with Gasteiger partial charge in [-0.1, -0.05) is 18.1 Å². The molecule has 3 aromatic rings. The van der Waals surface area contributed by atoms with Crippen molar-refractivity contribution in [1.82, 2.24) is 19.5 Å². The van der Waals surface area contributed by atoms with Gasteiger partial charge < -0.3 is 15.4 Å². The maximum Gasteiger partial charge on any atom is 0.209 e. The Balaban J connectivity index is 0.00000192. The Bertz CT molecular complexity index is 1120. The van der Waals surface area contributed by atoms with E-state index in [9.17, 15) is 9.50 Å². The summed E-state index contributed by atoms with van der Waals surface area (Å²) in [7, 11) is 0. The van der Waals surface area contributed by atoms with Crippen LogP contribution >= 0.6 is 12.4 Å². The van der Waals surface area contributed by atoms with Crippen LogP contribution in [-0.4, -0.2) is 30.2 Å². The Hall–Kier alpha value is -2.69. The van der Waals surface area contributed by atoms with Crippen LogP contribution in [0.1, 0.15) is 44.0 Å². The molecule has 2 aliphatic carbocycles. The molecule has 2 heterocycles. The molecule has 0 spiro atoms. The number of hydrogen-bond acceptors (Lipinski definition) is 5. The average molecular weight is 400 g/mol. The largest absolute Gasteiger partial charge is 0.382 e. The summed E-state index contributed by atoms with van der Waals surface area (Å²) in [5, 5.41) is 10.2. The molecule has 2 saturated carbocycles. The van der Waals surface area contributed by atoms with Gasteiger partial charge in [0.05, 0.1) is 0 Å². The van der Waals surface area contributed by atoms with Crippen LogP contribution in [0.2, 0.25) is 0 Å². The SMILES string of the molecule is Cl.Nc1nc(C#CC2(O)CCC2)nc2c1nc(-c1cccc(F)c1)n2C1CC1. The number of aliphatic hydroxyl groups is 1. The smallest absolute Gasteiger partial charge is 0.209 e. The van der Waals surface area contributed by atoms with Crippen LogP contribution in [-0.2, 0) is 0 Å². The molecule has 6 nitrogen and oxygen atoms in total. The van der Waals surface area contributed by atoms with Crippen LogP contribution in [0.25, 0.3) is 22.6 Å². The highest BCUT2D eigenvalue weighted by atomic mass is 35.5. The number of fused-ring (bicyclic) bond motifs is 1. The zero-order chi connectivity index (χ0) is 18.6. The number of benzene rings is 1. The molecule has 5 rings (SSSR count). The van der Waals surface area contributed by atoms with E-state index in [1.54, 1.807) is 6.07 Å². The number of aromatic nitrogens is 4. The van der Waals surface area contributed by atoms with E-state index in [1.807, 2.05) is 10.6 Å². The van der Waals surface area contributed by atoms with Gasteiger partial charge in [-0.15, -0.1) is 12.4 Å². The predicted octanol–water partition coefficient (Wildman–Crippen LogP) is 3.24. The lowest BCUT2D eigenvalue weighted by Crippen LogP contribution is -2.34. The first-order valence-corrected chi connectivity index (χ1v) is 9.09. The first-order valence-electron chi connectivity index (χ1n) is 9.09. The van der Waals surface area contributed by atoms with Crippen molar-refractivity contribution >= 4 is 29.4 Å². The van der Waals surface area contributed by atoms with Crippen LogP contribution in [0.5, 0.6) is 0 Å². The molecule has 0 radical (unpaired) electrons. The third-order valence-corrected chi connectivity index (χ3v) is 5.15. The molecule has 0 saturated heterocycles. The summed E-state index contributed by atoms with van der Waals surface area (Å²) < 4.78 is 15.7. The molecular weight excluding hydrogens is 381 g/mol. The van der Waals surface area contributed by atoms with Crippen LogP contribution in [0.4, 0.5) is 10.2 Å².